The van der Waals surface area contributed by atoms with E-state index in [0.717, 1.165) is 0 Å². The van der Waals surface area contributed by atoms with Gasteiger partial charge in [-0.1, -0.05) is 12.1 Å². The number of esters is 1. The molecular weight excluding hydrogens is 334 g/mol. The molecule has 0 atom stereocenters. The maximum atomic E-state index is 12.9. The Kier molecular flexibility index (Phi) is 4.93. The minimum Gasteiger partial charge on any atom is -0.494 e. The van der Waals surface area contributed by atoms with Crippen molar-refractivity contribution in [1.29, 1.82) is 0 Å². The van der Waals surface area contributed by atoms with Gasteiger partial charge in [0.05, 0.1) is 30.5 Å². The number of amides is 1. The number of hydrogen-bond acceptors (Lipinski definition) is 5. The number of furan rings is 1. The largest absolute Gasteiger partial charge is 0.494 e. The van der Waals surface area contributed by atoms with Crippen LogP contribution in [0.4, 0.5) is 5.69 Å². The first kappa shape index (κ1) is 17.5. The maximum Gasteiger partial charge on any atom is 0.339 e. The van der Waals surface area contributed by atoms with Crippen LogP contribution in [-0.4, -0.2) is 25.6 Å². The maximum absolute atomic E-state index is 12.9. The van der Waals surface area contributed by atoms with Gasteiger partial charge in [0.1, 0.15) is 17.1 Å². The van der Waals surface area contributed by atoms with Crippen LogP contribution in [0.15, 0.2) is 46.9 Å². The molecule has 1 amide bonds. The lowest BCUT2D eigenvalue weighted by atomic mass is 10.1. The van der Waals surface area contributed by atoms with Gasteiger partial charge in [0.15, 0.2) is 0 Å². The molecule has 6 heteroatoms. The number of carbonyl (C=O) groups is 2. The van der Waals surface area contributed by atoms with Crippen molar-refractivity contribution in [3.8, 4) is 5.75 Å². The van der Waals surface area contributed by atoms with E-state index in [0.29, 0.717) is 40.3 Å². The van der Waals surface area contributed by atoms with Crippen LogP contribution in [0.2, 0.25) is 0 Å². The summed E-state index contributed by atoms with van der Waals surface area (Å²) >= 11 is 0. The van der Waals surface area contributed by atoms with Gasteiger partial charge in [-0.3, -0.25) is 4.79 Å². The predicted molar refractivity (Wildman–Crippen MR) is 97.9 cm³/mol. The fraction of sp³-hybridized carbons (Fsp3) is 0.200. The number of ether oxygens (including phenoxy) is 2. The quantitative estimate of drug-likeness (QED) is 0.696. The number of nitrogens with one attached hydrogen (secondary N) is 1. The lowest BCUT2D eigenvalue weighted by Gasteiger charge is -2.09. The zero-order valence-electron chi connectivity index (χ0n) is 14.8. The zero-order chi connectivity index (χ0) is 18.7. The van der Waals surface area contributed by atoms with E-state index < -0.39 is 5.97 Å². The van der Waals surface area contributed by atoms with E-state index in [-0.39, 0.29) is 11.5 Å². The van der Waals surface area contributed by atoms with Crippen molar-refractivity contribution in [2.24, 2.45) is 0 Å². The second-order valence-electron chi connectivity index (χ2n) is 5.62. The number of rotatable bonds is 5. The smallest absolute Gasteiger partial charge is 0.339 e. The van der Waals surface area contributed by atoms with Gasteiger partial charge in [0, 0.05) is 5.39 Å². The fourth-order valence-electron chi connectivity index (χ4n) is 2.80. The Morgan fingerprint density at radius 1 is 1.15 bits per heavy atom. The molecule has 0 saturated heterocycles. The fourth-order valence-corrected chi connectivity index (χ4v) is 2.80. The molecule has 3 rings (SSSR count). The van der Waals surface area contributed by atoms with Gasteiger partial charge in [0.2, 0.25) is 0 Å². The average Bonchev–Trinajstić information content (AvgIpc) is 2.97. The number of hydrogen-bond donors (Lipinski definition) is 1. The highest BCUT2D eigenvalue weighted by Gasteiger charge is 2.21. The summed E-state index contributed by atoms with van der Waals surface area (Å²) in [6.07, 6.45) is 0. The summed E-state index contributed by atoms with van der Waals surface area (Å²) < 4.78 is 15.9. The predicted octanol–water partition coefficient (Wildman–Crippen LogP) is 4.18. The minimum absolute atomic E-state index is 0.281. The van der Waals surface area contributed by atoms with E-state index in [2.05, 4.69) is 5.32 Å². The van der Waals surface area contributed by atoms with E-state index in [1.165, 1.54) is 7.11 Å². The summed E-state index contributed by atoms with van der Waals surface area (Å²) in [7, 11) is 1.30. The highest BCUT2D eigenvalue weighted by atomic mass is 16.5. The highest BCUT2D eigenvalue weighted by Crippen LogP contribution is 2.30. The van der Waals surface area contributed by atoms with E-state index in [1.54, 1.807) is 49.4 Å². The SMILES string of the molecule is CCOc1ccc2oc(C)c(C(=O)Nc3ccccc3C(=O)OC)c2c1. The van der Waals surface area contributed by atoms with Crippen molar-refractivity contribution in [1.82, 2.24) is 0 Å². The molecule has 1 aromatic heterocycles. The third kappa shape index (κ3) is 3.26. The summed E-state index contributed by atoms with van der Waals surface area (Å²) in [6, 6.07) is 12.0. The molecule has 0 unspecified atom stereocenters. The van der Waals surface area contributed by atoms with E-state index in [4.69, 9.17) is 13.9 Å². The average molecular weight is 353 g/mol. The molecule has 0 spiro atoms. The number of anilines is 1. The second-order valence-corrected chi connectivity index (χ2v) is 5.62. The molecule has 0 aliphatic rings. The topological polar surface area (TPSA) is 77.8 Å². The van der Waals surface area contributed by atoms with Gasteiger partial charge in [0.25, 0.3) is 5.91 Å². The molecule has 0 radical (unpaired) electrons. The van der Waals surface area contributed by atoms with Crippen molar-refractivity contribution in [3.63, 3.8) is 0 Å². The molecule has 1 N–H and O–H groups in total. The van der Waals surface area contributed by atoms with Gasteiger partial charge in [-0.2, -0.15) is 0 Å². The molecule has 0 fully saturated rings. The molecule has 0 aliphatic carbocycles. The first-order valence-corrected chi connectivity index (χ1v) is 8.19. The lowest BCUT2D eigenvalue weighted by molar-refractivity contribution is 0.0602. The number of para-hydroxylation sites is 1. The first-order chi connectivity index (χ1) is 12.5. The Bertz CT molecular complexity index is 973. The van der Waals surface area contributed by atoms with Crippen molar-refractivity contribution < 1.29 is 23.5 Å². The summed E-state index contributed by atoms with van der Waals surface area (Å²) in [5.41, 5.74) is 1.65. The summed E-state index contributed by atoms with van der Waals surface area (Å²) in [5.74, 6) is 0.256. The molecule has 3 aromatic rings. The Labute approximate surface area is 150 Å². The molecule has 0 aliphatic heterocycles. The van der Waals surface area contributed by atoms with Gasteiger partial charge < -0.3 is 19.2 Å². The summed E-state index contributed by atoms with van der Waals surface area (Å²) in [6.45, 7) is 4.14. The van der Waals surface area contributed by atoms with Gasteiger partial charge >= 0.3 is 5.97 Å². The third-order valence-electron chi connectivity index (χ3n) is 3.95. The first-order valence-electron chi connectivity index (χ1n) is 8.19. The highest BCUT2D eigenvalue weighted by molar-refractivity contribution is 6.15. The molecule has 6 nitrogen and oxygen atoms in total. The van der Waals surface area contributed by atoms with Gasteiger partial charge in [-0.25, -0.2) is 4.79 Å². The normalized spacial score (nSPS) is 10.6. The Hall–Kier alpha value is -3.28. The molecule has 1 heterocycles. The lowest BCUT2D eigenvalue weighted by Crippen LogP contribution is -2.15. The molecular formula is C20H19NO5. The van der Waals surface area contributed by atoms with Crippen LogP contribution < -0.4 is 10.1 Å². The van der Waals surface area contributed by atoms with Crippen molar-refractivity contribution in [3.05, 3.63) is 59.4 Å². The standard InChI is InChI=1S/C20H19NO5/c1-4-25-13-9-10-17-15(11-13)18(12(2)26-17)19(22)21-16-8-6-5-7-14(16)20(23)24-3/h5-11H,4H2,1-3H3,(H,21,22). The summed E-state index contributed by atoms with van der Waals surface area (Å²) in [4.78, 5) is 24.8. The van der Waals surface area contributed by atoms with E-state index in [9.17, 15) is 9.59 Å². The molecule has 2 aromatic carbocycles. The van der Waals surface area contributed by atoms with Crippen molar-refractivity contribution in [2.45, 2.75) is 13.8 Å². The van der Waals surface area contributed by atoms with Gasteiger partial charge in [-0.05, 0) is 44.2 Å². The van der Waals surface area contributed by atoms with Crippen LogP contribution in [0.3, 0.4) is 0 Å². The Morgan fingerprint density at radius 3 is 2.65 bits per heavy atom. The number of aryl methyl sites for hydroxylation is 1. The van der Waals surface area contributed by atoms with E-state index in [1.807, 2.05) is 6.92 Å². The number of fused-ring (bicyclic) bond motifs is 1. The Morgan fingerprint density at radius 2 is 1.92 bits per heavy atom. The number of benzene rings is 2. The summed E-state index contributed by atoms with van der Waals surface area (Å²) in [5, 5.41) is 3.43. The molecule has 26 heavy (non-hydrogen) atoms. The van der Waals surface area contributed by atoms with Crippen LogP contribution in [0, 0.1) is 6.92 Å². The Balaban J connectivity index is 1.99. The van der Waals surface area contributed by atoms with Gasteiger partial charge in [-0.15, -0.1) is 0 Å². The van der Waals surface area contributed by atoms with Crippen LogP contribution in [0.1, 0.15) is 33.4 Å². The van der Waals surface area contributed by atoms with Crippen LogP contribution in [0.5, 0.6) is 5.75 Å². The third-order valence-corrected chi connectivity index (χ3v) is 3.95. The van der Waals surface area contributed by atoms with E-state index >= 15 is 0 Å². The molecule has 0 bridgehead atoms. The van der Waals surface area contributed by atoms with Crippen LogP contribution >= 0.6 is 0 Å². The molecule has 0 saturated carbocycles. The number of carbonyl (C=O) groups excluding carboxylic acids is 2. The van der Waals surface area contributed by atoms with Crippen LogP contribution in [0.25, 0.3) is 11.0 Å². The monoisotopic (exact) mass is 353 g/mol. The number of methoxy groups -OCH3 is 1. The zero-order valence-corrected chi connectivity index (χ0v) is 14.8. The van der Waals surface area contributed by atoms with Crippen molar-refractivity contribution >= 4 is 28.5 Å². The minimum atomic E-state index is -0.520. The second kappa shape index (κ2) is 7.31. The molecule has 134 valence electrons. The van der Waals surface area contributed by atoms with Crippen LogP contribution in [-0.2, 0) is 4.74 Å². The van der Waals surface area contributed by atoms with Crippen molar-refractivity contribution in [2.75, 3.05) is 19.0 Å².